The van der Waals surface area contributed by atoms with Crippen LogP contribution < -0.4 is 16.0 Å². The average Bonchev–Trinajstić information content (AvgIpc) is 2.41. The van der Waals surface area contributed by atoms with Gasteiger partial charge in [-0.15, -0.1) is 0 Å². The predicted octanol–water partition coefficient (Wildman–Crippen LogP) is 2.03. The Hall–Kier alpha value is -1.59. The van der Waals surface area contributed by atoms with Crippen molar-refractivity contribution < 1.29 is 13.9 Å². The standard InChI is InChI=1S/C13H17FN2O2/c1-17-12-5-4-9(7-11(12)14)13(16-15)10-3-2-6-18-8-10/h4-5,7-8,13,16H,2-3,6,15H2,1H3. The second-order valence-corrected chi connectivity index (χ2v) is 4.16. The van der Waals surface area contributed by atoms with E-state index in [0.29, 0.717) is 0 Å². The van der Waals surface area contributed by atoms with Gasteiger partial charge in [0, 0.05) is 0 Å². The number of benzene rings is 1. The van der Waals surface area contributed by atoms with Crippen LogP contribution in [-0.4, -0.2) is 13.7 Å². The van der Waals surface area contributed by atoms with E-state index in [9.17, 15) is 4.39 Å². The minimum Gasteiger partial charge on any atom is -0.501 e. The molecule has 1 aromatic rings. The Morgan fingerprint density at radius 3 is 2.89 bits per heavy atom. The number of halogens is 1. The minimum atomic E-state index is -0.396. The Labute approximate surface area is 106 Å². The molecule has 5 heteroatoms. The number of hydrazine groups is 1. The summed E-state index contributed by atoms with van der Waals surface area (Å²) < 4.78 is 23.8. The first-order chi connectivity index (χ1) is 8.76. The highest BCUT2D eigenvalue weighted by molar-refractivity contribution is 5.34. The van der Waals surface area contributed by atoms with Crippen molar-refractivity contribution in [1.29, 1.82) is 0 Å². The number of nitrogens with two attached hydrogens (primary N) is 1. The van der Waals surface area contributed by atoms with Crippen LogP contribution in [0.3, 0.4) is 0 Å². The van der Waals surface area contributed by atoms with E-state index in [2.05, 4.69) is 5.43 Å². The van der Waals surface area contributed by atoms with Gasteiger partial charge in [0.05, 0.1) is 26.0 Å². The van der Waals surface area contributed by atoms with Crippen molar-refractivity contribution >= 4 is 0 Å². The van der Waals surface area contributed by atoms with Crippen LogP contribution in [0.1, 0.15) is 24.4 Å². The van der Waals surface area contributed by atoms with Gasteiger partial charge in [-0.05, 0) is 36.1 Å². The molecule has 1 unspecified atom stereocenters. The van der Waals surface area contributed by atoms with Crippen molar-refractivity contribution in [3.05, 3.63) is 41.4 Å². The summed E-state index contributed by atoms with van der Waals surface area (Å²) in [6, 6.07) is 4.59. The molecule has 4 nitrogen and oxygen atoms in total. The van der Waals surface area contributed by atoms with Crippen molar-refractivity contribution in [2.45, 2.75) is 18.9 Å². The first-order valence-corrected chi connectivity index (χ1v) is 5.86. The van der Waals surface area contributed by atoms with Gasteiger partial charge >= 0.3 is 0 Å². The second kappa shape index (κ2) is 5.84. The van der Waals surface area contributed by atoms with E-state index in [1.807, 2.05) is 0 Å². The van der Waals surface area contributed by atoms with Crippen molar-refractivity contribution in [2.75, 3.05) is 13.7 Å². The summed E-state index contributed by atoms with van der Waals surface area (Å²) in [4.78, 5) is 0. The molecule has 1 aliphatic heterocycles. The highest BCUT2D eigenvalue weighted by Crippen LogP contribution is 2.29. The van der Waals surface area contributed by atoms with E-state index in [1.165, 1.54) is 13.2 Å². The number of hydrogen-bond acceptors (Lipinski definition) is 4. The first-order valence-electron chi connectivity index (χ1n) is 5.86. The number of methoxy groups -OCH3 is 1. The minimum absolute atomic E-state index is 0.225. The van der Waals surface area contributed by atoms with Crippen LogP contribution in [0.25, 0.3) is 0 Å². The maximum absolute atomic E-state index is 13.7. The normalized spacial score (nSPS) is 16.7. The third-order valence-corrected chi connectivity index (χ3v) is 3.01. The van der Waals surface area contributed by atoms with Crippen molar-refractivity contribution in [3.63, 3.8) is 0 Å². The molecule has 1 heterocycles. The molecule has 0 aromatic heterocycles. The van der Waals surface area contributed by atoms with Crippen LogP contribution in [0.15, 0.2) is 30.0 Å². The Morgan fingerprint density at radius 1 is 1.50 bits per heavy atom. The zero-order chi connectivity index (χ0) is 13.0. The molecule has 18 heavy (non-hydrogen) atoms. The molecule has 0 saturated heterocycles. The van der Waals surface area contributed by atoms with Gasteiger partial charge in [-0.25, -0.2) is 9.82 Å². The van der Waals surface area contributed by atoms with Gasteiger partial charge in [0.25, 0.3) is 0 Å². The molecule has 1 atom stereocenters. The van der Waals surface area contributed by atoms with Crippen LogP contribution in [0, 0.1) is 5.82 Å². The molecule has 2 rings (SSSR count). The zero-order valence-corrected chi connectivity index (χ0v) is 10.3. The fourth-order valence-electron chi connectivity index (χ4n) is 2.08. The monoisotopic (exact) mass is 252 g/mol. The molecule has 0 aliphatic carbocycles. The van der Waals surface area contributed by atoms with E-state index in [4.69, 9.17) is 15.3 Å². The molecule has 3 N–H and O–H groups in total. The molecule has 0 saturated carbocycles. The van der Waals surface area contributed by atoms with Crippen molar-refractivity contribution in [1.82, 2.24) is 5.43 Å². The lowest BCUT2D eigenvalue weighted by Crippen LogP contribution is -2.30. The average molecular weight is 252 g/mol. The maximum Gasteiger partial charge on any atom is 0.165 e. The Kier molecular flexibility index (Phi) is 4.17. The van der Waals surface area contributed by atoms with Gasteiger partial charge in [-0.3, -0.25) is 5.84 Å². The third kappa shape index (κ3) is 2.63. The summed E-state index contributed by atoms with van der Waals surface area (Å²) in [6.07, 6.45) is 3.54. The van der Waals surface area contributed by atoms with Crippen LogP contribution in [0.4, 0.5) is 4.39 Å². The van der Waals surface area contributed by atoms with E-state index < -0.39 is 5.82 Å². The van der Waals surface area contributed by atoms with Gasteiger partial charge < -0.3 is 9.47 Å². The van der Waals surface area contributed by atoms with Gasteiger partial charge in [0.15, 0.2) is 11.6 Å². The van der Waals surface area contributed by atoms with E-state index >= 15 is 0 Å². The Bertz CT molecular complexity index is 449. The lowest BCUT2D eigenvalue weighted by molar-refractivity contribution is 0.219. The highest BCUT2D eigenvalue weighted by Gasteiger charge is 2.19. The van der Waals surface area contributed by atoms with Crippen molar-refractivity contribution in [3.8, 4) is 5.75 Å². The molecule has 0 bridgehead atoms. The van der Waals surface area contributed by atoms with Gasteiger partial charge in [-0.2, -0.15) is 0 Å². The van der Waals surface area contributed by atoms with E-state index in [0.717, 1.165) is 30.6 Å². The molecular weight excluding hydrogens is 235 g/mol. The largest absolute Gasteiger partial charge is 0.501 e. The number of hydrogen-bond donors (Lipinski definition) is 2. The molecule has 0 spiro atoms. The van der Waals surface area contributed by atoms with Gasteiger partial charge in [0.2, 0.25) is 0 Å². The van der Waals surface area contributed by atoms with Gasteiger partial charge in [0.1, 0.15) is 0 Å². The third-order valence-electron chi connectivity index (χ3n) is 3.01. The zero-order valence-electron chi connectivity index (χ0n) is 10.3. The number of ether oxygens (including phenoxy) is 2. The summed E-state index contributed by atoms with van der Waals surface area (Å²) in [7, 11) is 1.44. The SMILES string of the molecule is COc1ccc(C(NN)C2=COCCC2)cc1F. The van der Waals surface area contributed by atoms with E-state index in [-0.39, 0.29) is 11.8 Å². The quantitative estimate of drug-likeness (QED) is 0.636. The number of rotatable bonds is 4. The highest BCUT2D eigenvalue weighted by atomic mass is 19.1. The molecule has 0 fully saturated rings. The first kappa shape index (κ1) is 12.9. The molecule has 0 radical (unpaired) electrons. The molecule has 1 aromatic carbocycles. The Balaban J connectivity index is 2.27. The van der Waals surface area contributed by atoms with Gasteiger partial charge in [-0.1, -0.05) is 6.07 Å². The van der Waals surface area contributed by atoms with Crippen LogP contribution in [-0.2, 0) is 4.74 Å². The fraction of sp³-hybridized carbons (Fsp3) is 0.385. The smallest absolute Gasteiger partial charge is 0.165 e. The van der Waals surface area contributed by atoms with Crippen LogP contribution in [0.2, 0.25) is 0 Å². The number of nitrogens with one attached hydrogen (secondary N) is 1. The summed E-state index contributed by atoms with van der Waals surface area (Å²) in [5.74, 6) is 5.39. The molecular formula is C13H17FN2O2. The lowest BCUT2D eigenvalue weighted by Gasteiger charge is -2.23. The maximum atomic E-state index is 13.7. The summed E-state index contributed by atoms with van der Waals surface area (Å²) >= 11 is 0. The molecule has 1 aliphatic rings. The summed E-state index contributed by atoms with van der Waals surface area (Å²) in [6.45, 7) is 0.720. The van der Waals surface area contributed by atoms with Crippen molar-refractivity contribution in [2.24, 2.45) is 5.84 Å². The summed E-state index contributed by atoms with van der Waals surface area (Å²) in [5, 5.41) is 0. The Morgan fingerprint density at radius 2 is 2.33 bits per heavy atom. The fourth-order valence-corrected chi connectivity index (χ4v) is 2.08. The molecule has 98 valence electrons. The molecule has 0 amide bonds. The van der Waals surface area contributed by atoms with E-state index in [1.54, 1.807) is 18.4 Å². The van der Waals surface area contributed by atoms with Crippen LogP contribution >= 0.6 is 0 Å². The topological polar surface area (TPSA) is 56.5 Å². The second-order valence-electron chi connectivity index (χ2n) is 4.16. The lowest BCUT2D eigenvalue weighted by atomic mass is 9.95. The predicted molar refractivity (Wildman–Crippen MR) is 66.3 cm³/mol. The van der Waals surface area contributed by atoms with Crippen LogP contribution in [0.5, 0.6) is 5.75 Å². The summed E-state index contributed by atoms with van der Waals surface area (Å²) in [5.41, 5.74) is 4.48.